The SMILES string of the molecule is Cc1nc(CCNC2CCN(C)C2=O)cs1. The van der Waals surface area contributed by atoms with E-state index in [4.69, 9.17) is 0 Å². The molecule has 16 heavy (non-hydrogen) atoms. The van der Waals surface area contributed by atoms with Crippen LogP contribution >= 0.6 is 11.3 Å². The van der Waals surface area contributed by atoms with Gasteiger partial charge in [0.2, 0.25) is 5.91 Å². The van der Waals surface area contributed by atoms with Crippen LogP contribution in [-0.2, 0) is 11.2 Å². The number of carbonyl (C=O) groups is 1. The van der Waals surface area contributed by atoms with E-state index in [0.29, 0.717) is 0 Å². The highest BCUT2D eigenvalue weighted by Crippen LogP contribution is 2.10. The Hall–Kier alpha value is -0.940. The van der Waals surface area contributed by atoms with Crippen LogP contribution in [0.15, 0.2) is 5.38 Å². The Bertz CT molecular complexity index is 377. The third-order valence-corrected chi connectivity index (χ3v) is 3.69. The number of thiazole rings is 1. The van der Waals surface area contributed by atoms with Crippen LogP contribution in [0, 0.1) is 6.92 Å². The number of rotatable bonds is 4. The summed E-state index contributed by atoms with van der Waals surface area (Å²) in [5.74, 6) is 0.217. The lowest BCUT2D eigenvalue weighted by Gasteiger charge is -2.11. The topological polar surface area (TPSA) is 45.2 Å². The zero-order chi connectivity index (χ0) is 11.5. The minimum absolute atomic E-state index is 0.0183. The fourth-order valence-electron chi connectivity index (χ4n) is 1.91. The molecule has 0 saturated carbocycles. The standard InChI is InChI=1S/C11H17N3OS/c1-8-13-9(7-16-8)3-5-12-10-4-6-14(2)11(10)15/h7,10,12H,3-6H2,1-2H3. The summed E-state index contributed by atoms with van der Waals surface area (Å²) >= 11 is 1.67. The van der Waals surface area contributed by atoms with Gasteiger partial charge in [0.25, 0.3) is 0 Å². The van der Waals surface area contributed by atoms with Gasteiger partial charge >= 0.3 is 0 Å². The van der Waals surface area contributed by atoms with E-state index in [-0.39, 0.29) is 11.9 Å². The van der Waals surface area contributed by atoms with E-state index in [1.54, 1.807) is 16.2 Å². The van der Waals surface area contributed by atoms with Crippen LogP contribution in [0.1, 0.15) is 17.1 Å². The first kappa shape index (κ1) is 11.5. The summed E-state index contributed by atoms with van der Waals surface area (Å²) < 4.78 is 0. The van der Waals surface area contributed by atoms with Crippen LogP contribution in [0.3, 0.4) is 0 Å². The van der Waals surface area contributed by atoms with E-state index >= 15 is 0 Å². The number of likely N-dealkylation sites (tertiary alicyclic amines) is 1. The van der Waals surface area contributed by atoms with Gasteiger partial charge in [0.05, 0.1) is 16.7 Å². The van der Waals surface area contributed by atoms with Gasteiger partial charge in [0.15, 0.2) is 0 Å². The Kier molecular flexibility index (Phi) is 3.56. The smallest absolute Gasteiger partial charge is 0.239 e. The van der Waals surface area contributed by atoms with Crippen molar-refractivity contribution in [3.63, 3.8) is 0 Å². The van der Waals surface area contributed by atoms with Crippen molar-refractivity contribution < 1.29 is 4.79 Å². The number of aromatic nitrogens is 1. The van der Waals surface area contributed by atoms with Gasteiger partial charge < -0.3 is 10.2 Å². The Morgan fingerprint density at radius 1 is 1.69 bits per heavy atom. The fourth-order valence-corrected chi connectivity index (χ4v) is 2.56. The van der Waals surface area contributed by atoms with Crippen molar-refractivity contribution in [2.75, 3.05) is 20.1 Å². The highest BCUT2D eigenvalue weighted by Gasteiger charge is 2.27. The molecule has 1 aliphatic rings. The Morgan fingerprint density at radius 2 is 2.50 bits per heavy atom. The lowest BCUT2D eigenvalue weighted by atomic mass is 10.2. The third kappa shape index (κ3) is 2.59. The largest absolute Gasteiger partial charge is 0.344 e. The summed E-state index contributed by atoms with van der Waals surface area (Å²) in [6.45, 7) is 3.71. The molecular formula is C11H17N3OS. The van der Waals surface area contributed by atoms with Gasteiger partial charge in [-0.2, -0.15) is 0 Å². The molecule has 2 rings (SSSR count). The minimum Gasteiger partial charge on any atom is -0.344 e. The van der Waals surface area contributed by atoms with Crippen molar-refractivity contribution in [2.45, 2.75) is 25.8 Å². The van der Waals surface area contributed by atoms with Gasteiger partial charge in [-0.1, -0.05) is 0 Å². The number of hydrogen-bond donors (Lipinski definition) is 1. The van der Waals surface area contributed by atoms with Crippen LogP contribution < -0.4 is 5.32 Å². The summed E-state index contributed by atoms with van der Waals surface area (Å²) in [6, 6.07) is 0.0183. The van der Waals surface area contributed by atoms with E-state index in [9.17, 15) is 4.79 Å². The van der Waals surface area contributed by atoms with Crippen molar-refractivity contribution in [3.05, 3.63) is 16.1 Å². The lowest BCUT2D eigenvalue weighted by Crippen LogP contribution is -2.37. The molecule has 0 aliphatic carbocycles. The molecule has 1 aromatic rings. The predicted molar refractivity (Wildman–Crippen MR) is 64.6 cm³/mol. The Morgan fingerprint density at radius 3 is 3.06 bits per heavy atom. The average molecular weight is 239 g/mol. The summed E-state index contributed by atoms with van der Waals surface area (Å²) in [6.07, 6.45) is 1.82. The van der Waals surface area contributed by atoms with Crippen LogP contribution in [0.5, 0.6) is 0 Å². The number of hydrogen-bond acceptors (Lipinski definition) is 4. The van der Waals surface area contributed by atoms with E-state index in [2.05, 4.69) is 15.7 Å². The summed E-state index contributed by atoms with van der Waals surface area (Å²) in [4.78, 5) is 17.8. The zero-order valence-electron chi connectivity index (χ0n) is 9.69. The van der Waals surface area contributed by atoms with Crippen molar-refractivity contribution >= 4 is 17.2 Å². The number of carbonyl (C=O) groups excluding carboxylic acids is 1. The van der Waals surface area contributed by atoms with Crippen molar-refractivity contribution in [3.8, 4) is 0 Å². The van der Waals surface area contributed by atoms with E-state index < -0.39 is 0 Å². The van der Waals surface area contributed by atoms with Gasteiger partial charge in [-0.05, 0) is 13.3 Å². The molecule has 0 radical (unpaired) electrons. The number of nitrogens with zero attached hydrogens (tertiary/aromatic N) is 2. The number of aryl methyl sites for hydroxylation is 1. The molecule has 1 amide bonds. The van der Waals surface area contributed by atoms with E-state index in [1.165, 1.54) is 0 Å². The van der Waals surface area contributed by atoms with E-state index in [1.807, 2.05) is 14.0 Å². The molecule has 1 N–H and O–H groups in total. The van der Waals surface area contributed by atoms with Crippen LogP contribution in [-0.4, -0.2) is 42.0 Å². The van der Waals surface area contributed by atoms with Gasteiger partial charge in [0, 0.05) is 31.9 Å². The van der Waals surface area contributed by atoms with Crippen molar-refractivity contribution in [1.82, 2.24) is 15.2 Å². The van der Waals surface area contributed by atoms with Crippen LogP contribution in [0.4, 0.5) is 0 Å². The molecule has 0 bridgehead atoms. The summed E-state index contributed by atoms with van der Waals surface area (Å²) in [5, 5.41) is 6.48. The van der Waals surface area contributed by atoms with Crippen LogP contribution in [0.25, 0.3) is 0 Å². The minimum atomic E-state index is 0.0183. The highest BCUT2D eigenvalue weighted by atomic mass is 32.1. The lowest BCUT2D eigenvalue weighted by molar-refractivity contribution is -0.128. The first-order chi connectivity index (χ1) is 7.66. The average Bonchev–Trinajstić information content (AvgIpc) is 2.79. The third-order valence-electron chi connectivity index (χ3n) is 2.87. The molecule has 0 spiro atoms. The number of nitrogens with one attached hydrogen (secondary N) is 1. The molecule has 1 aromatic heterocycles. The monoisotopic (exact) mass is 239 g/mol. The highest BCUT2D eigenvalue weighted by molar-refractivity contribution is 7.09. The molecule has 1 atom stereocenters. The first-order valence-electron chi connectivity index (χ1n) is 5.56. The molecule has 5 heteroatoms. The second-order valence-electron chi connectivity index (χ2n) is 4.16. The number of amides is 1. The molecule has 1 saturated heterocycles. The molecule has 2 heterocycles. The zero-order valence-corrected chi connectivity index (χ0v) is 10.5. The molecular weight excluding hydrogens is 222 g/mol. The first-order valence-corrected chi connectivity index (χ1v) is 6.44. The molecule has 1 unspecified atom stereocenters. The predicted octanol–water partition coefficient (Wildman–Crippen LogP) is 0.814. The molecule has 0 aromatic carbocycles. The molecule has 4 nitrogen and oxygen atoms in total. The molecule has 1 aliphatic heterocycles. The maximum Gasteiger partial charge on any atom is 0.239 e. The maximum atomic E-state index is 11.6. The molecule has 1 fully saturated rings. The second kappa shape index (κ2) is 4.93. The van der Waals surface area contributed by atoms with Gasteiger partial charge in [0.1, 0.15) is 0 Å². The van der Waals surface area contributed by atoms with Crippen molar-refractivity contribution in [2.24, 2.45) is 0 Å². The Balaban J connectivity index is 1.74. The van der Waals surface area contributed by atoms with E-state index in [0.717, 1.165) is 36.6 Å². The quantitative estimate of drug-likeness (QED) is 0.846. The normalized spacial score (nSPS) is 20.8. The van der Waals surface area contributed by atoms with Gasteiger partial charge in [-0.3, -0.25) is 4.79 Å². The summed E-state index contributed by atoms with van der Waals surface area (Å²) in [5.41, 5.74) is 1.12. The second-order valence-corrected chi connectivity index (χ2v) is 5.23. The number of likely N-dealkylation sites (N-methyl/N-ethyl adjacent to an activating group) is 1. The van der Waals surface area contributed by atoms with Gasteiger partial charge in [-0.25, -0.2) is 4.98 Å². The van der Waals surface area contributed by atoms with Crippen molar-refractivity contribution in [1.29, 1.82) is 0 Å². The molecule has 88 valence electrons. The fraction of sp³-hybridized carbons (Fsp3) is 0.636. The Labute approximate surface area is 99.7 Å². The summed E-state index contributed by atoms with van der Waals surface area (Å²) in [7, 11) is 1.85. The van der Waals surface area contributed by atoms with Crippen LogP contribution in [0.2, 0.25) is 0 Å². The maximum absolute atomic E-state index is 11.6. The van der Waals surface area contributed by atoms with Gasteiger partial charge in [-0.15, -0.1) is 11.3 Å².